The molecule has 0 aliphatic rings. The van der Waals surface area contributed by atoms with Crippen molar-refractivity contribution in [2.75, 3.05) is 19.5 Å². The lowest BCUT2D eigenvalue weighted by Gasteiger charge is -2.07. The van der Waals surface area contributed by atoms with Crippen molar-refractivity contribution in [2.45, 2.75) is 6.92 Å². The fraction of sp³-hybridized carbons (Fsp3) is 0.250. The highest BCUT2D eigenvalue weighted by Gasteiger charge is 2.14. The number of aryl methyl sites for hydroxylation is 1. The Hall–Kier alpha value is -1.97. The minimum Gasteiger partial charge on any atom is -0.496 e. The fourth-order valence-corrected chi connectivity index (χ4v) is 1.77. The van der Waals surface area contributed by atoms with Gasteiger partial charge in [0.15, 0.2) is 0 Å². The van der Waals surface area contributed by atoms with E-state index in [1.165, 1.54) is 0 Å². The molecule has 0 radical (unpaired) electrons. The number of aromatic amines is 1. The van der Waals surface area contributed by atoms with Crippen LogP contribution in [0.2, 0.25) is 0 Å². The predicted octanol–water partition coefficient (Wildman–Crippen LogP) is 2.44. The lowest BCUT2D eigenvalue weighted by Crippen LogP contribution is -1.93. The maximum Gasteiger partial charge on any atom is 0.128 e. The van der Waals surface area contributed by atoms with Crippen LogP contribution in [0.25, 0.3) is 11.3 Å². The Bertz CT molecular complexity index is 491. The number of ether oxygens (including phenoxy) is 1. The molecule has 0 aliphatic heterocycles. The summed E-state index contributed by atoms with van der Waals surface area (Å²) >= 11 is 0. The topological polar surface area (TPSA) is 49.9 Å². The number of aromatic nitrogens is 2. The maximum atomic E-state index is 5.33. The molecule has 84 valence electrons. The van der Waals surface area contributed by atoms with Gasteiger partial charge in [0, 0.05) is 12.6 Å². The molecule has 0 saturated carbocycles. The van der Waals surface area contributed by atoms with Crippen molar-refractivity contribution >= 4 is 5.69 Å². The van der Waals surface area contributed by atoms with E-state index in [1.807, 2.05) is 38.2 Å². The Morgan fingerprint density at radius 1 is 1.31 bits per heavy atom. The van der Waals surface area contributed by atoms with Crippen LogP contribution in [0, 0.1) is 6.92 Å². The maximum absolute atomic E-state index is 5.33. The first-order valence-corrected chi connectivity index (χ1v) is 5.14. The Balaban J connectivity index is 2.58. The zero-order chi connectivity index (χ0) is 11.5. The van der Waals surface area contributed by atoms with E-state index in [9.17, 15) is 0 Å². The summed E-state index contributed by atoms with van der Waals surface area (Å²) in [4.78, 5) is 0. The second-order valence-electron chi connectivity index (χ2n) is 3.52. The van der Waals surface area contributed by atoms with Crippen LogP contribution in [0.15, 0.2) is 24.3 Å². The quantitative estimate of drug-likeness (QED) is 0.830. The summed E-state index contributed by atoms with van der Waals surface area (Å²) < 4.78 is 5.33. The van der Waals surface area contributed by atoms with Gasteiger partial charge in [0.25, 0.3) is 0 Å². The van der Waals surface area contributed by atoms with Crippen molar-refractivity contribution in [3.63, 3.8) is 0 Å². The Labute approximate surface area is 94.6 Å². The van der Waals surface area contributed by atoms with Crippen LogP contribution in [-0.2, 0) is 0 Å². The first-order valence-electron chi connectivity index (χ1n) is 5.14. The molecule has 2 N–H and O–H groups in total. The molecule has 0 aliphatic carbocycles. The minimum absolute atomic E-state index is 0.825. The smallest absolute Gasteiger partial charge is 0.128 e. The van der Waals surface area contributed by atoms with Gasteiger partial charge in [-0.25, -0.2) is 0 Å². The molecule has 0 unspecified atom stereocenters. The van der Waals surface area contributed by atoms with Crippen LogP contribution in [0.5, 0.6) is 5.75 Å². The number of nitrogens with one attached hydrogen (secondary N) is 2. The summed E-state index contributed by atoms with van der Waals surface area (Å²) in [6, 6.07) is 7.84. The van der Waals surface area contributed by atoms with Crippen molar-refractivity contribution in [1.29, 1.82) is 0 Å². The largest absolute Gasteiger partial charge is 0.496 e. The van der Waals surface area contributed by atoms with Crippen molar-refractivity contribution in [3.05, 3.63) is 30.0 Å². The highest BCUT2D eigenvalue weighted by atomic mass is 16.5. The monoisotopic (exact) mass is 217 g/mol. The summed E-state index contributed by atoms with van der Waals surface area (Å²) in [5.74, 6) is 0.825. The van der Waals surface area contributed by atoms with Crippen LogP contribution in [-0.4, -0.2) is 24.4 Å². The number of hydrogen-bond acceptors (Lipinski definition) is 3. The van der Waals surface area contributed by atoms with E-state index in [4.69, 9.17) is 4.74 Å². The summed E-state index contributed by atoms with van der Waals surface area (Å²) in [5.41, 5.74) is 3.89. The van der Waals surface area contributed by atoms with Gasteiger partial charge in [-0.1, -0.05) is 12.1 Å². The van der Waals surface area contributed by atoms with Crippen molar-refractivity contribution in [3.8, 4) is 17.0 Å². The van der Waals surface area contributed by atoms with Crippen LogP contribution >= 0.6 is 0 Å². The van der Waals surface area contributed by atoms with Gasteiger partial charge in [-0.2, -0.15) is 5.10 Å². The average molecular weight is 217 g/mol. The lowest BCUT2D eigenvalue weighted by molar-refractivity contribution is 0.416. The second kappa shape index (κ2) is 4.26. The second-order valence-corrected chi connectivity index (χ2v) is 3.52. The molecule has 2 rings (SSSR count). The minimum atomic E-state index is 0.825. The molecule has 0 amide bonds. The molecule has 2 aromatic rings. The molecule has 4 heteroatoms. The number of methoxy groups -OCH3 is 1. The van der Waals surface area contributed by atoms with E-state index in [0.29, 0.717) is 0 Å². The molecule has 4 nitrogen and oxygen atoms in total. The van der Waals surface area contributed by atoms with Gasteiger partial charge >= 0.3 is 0 Å². The molecule has 1 heterocycles. The number of benzene rings is 1. The normalized spacial score (nSPS) is 10.2. The molecule has 1 aromatic heterocycles. The standard InChI is InChI=1S/C12H15N3O/c1-8-11(13-2)12(15-14-8)9-6-4-5-7-10(9)16-3/h4-7,13H,1-3H3,(H,14,15). The third kappa shape index (κ3) is 1.62. The van der Waals surface area contributed by atoms with Crippen molar-refractivity contribution < 1.29 is 4.74 Å². The van der Waals surface area contributed by atoms with E-state index < -0.39 is 0 Å². The van der Waals surface area contributed by atoms with Gasteiger partial charge in [-0.3, -0.25) is 5.10 Å². The summed E-state index contributed by atoms with van der Waals surface area (Å²) in [5, 5.41) is 10.4. The highest BCUT2D eigenvalue weighted by molar-refractivity contribution is 5.79. The van der Waals surface area contributed by atoms with E-state index in [0.717, 1.165) is 28.4 Å². The van der Waals surface area contributed by atoms with E-state index >= 15 is 0 Å². The van der Waals surface area contributed by atoms with Gasteiger partial charge in [0.2, 0.25) is 0 Å². The van der Waals surface area contributed by atoms with Gasteiger partial charge in [0.1, 0.15) is 11.4 Å². The fourth-order valence-electron chi connectivity index (χ4n) is 1.77. The van der Waals surface area contributed by atoms with E-state index in [-0.39, 0.29) is 0 Å². The molecule has 0 spiro atoms. The molecule has 0 atom stereocenters. The van der Waals surface area contributed by atoms with Crippen LogP contribution < -0.4 is 10.1 Å². The van der Waals surface area contributed by atoms with Crippen LogP contribution in [0.3, 0.4) is 0 Å². The molecule has 0 fully saturated rings. The van der Waals surface area contributed by atoms with Crippen molar-refractivity contribution in [1.82, 2.24) is 10.2 Å². The summed E-state index contributed by atoms with van der Waals surface area (Å²) in [6.45, 7) is 1.98. The third-order valence-corrected chi connectivity index (χ3v) is 2.56. The van der Waals surface area contributed by atoms with Gasteiger partial charge < -0.3 is 10.1 Å². The number of anilines is 1. The molecule has 16 heavy (non-hydrogen) atoms. The Kier molecular flexibility index (Phi) is 2.81. The number of H-pyrrole nitrogens is 1. The van der Waals surface area contributed by atoms with Gasteiger partial charge in [-0.05, 0) is 19.1 Å². The van der Waals surface area contributed by atoms with E-state index in [2.05, 4.69) is 15.5 Å². The predicted molar refractivity (Wildman–Crippen MR) is 64.9 cm³/mol. The average Bonchev–Trinajstić information content (AvgIpc) is 2.70. The zero-order valence-electron chi connectivity index (χ0n) is 9.66. The number of rotatable bonds is 3. The number of hydrogen-bond donors (Lipinski definition) is 2. The zero-order valence-corrected chi connectivity index (χ0v) is 9.66. The number of para-hydroxylation sites is 1. The molecule has 0 bridgehead atoms. The summed E-state index contributed by atoms with van der Waals surface area (Å²) in [6.07, 6.45) is 0. The van der Waals surface area contributed by atoms with Crippen molar-refractivity contribution in [2.24, 2.45) is 0 Å². The van der Waals surface area contributed by atoms with Gasteiger partial charge in [-0.15, -0.1) is 0 Å². The Morgan fingerprint density at radius 2 is 2.06 bits per heavy atom. The first kappa shape index (κ1) is 10.5. The summed E-state index contributed by atoms with van der Waals surface area (Å²) in [7, 11) is 3.55. The van der Waals surface area contributed by atoms with Gasteiger partial charge in [0.05, 0.1) is 18.5 Å². The van der Waals surface area contributed by atoms with Crippen LogP contribution in [0.1, 0.15) is 5.69 Å². The third-order valence-electron chi connectivity index (χ3n) is 2.56. The van der Waals surface area contributed by atoms with E-state index in [1.54, 1.807) is 7.11 Å². The molecular weight excluding hydrogens is 202 g/mol. The SMILES string of the molecule is CNc1c(-c2ccccc2OC)n[nH]c1C. The molecule has 1 aromatic carbocycles. The Morgan fingerprint density at radius 3 is 2.75 bits per heavy atom. The molecular formula is C12H15N3O. The lowest BCUT2D eigenvalue weighted by atomic mass is 10.1. The highest BCUT2D eigenvalue weighted by Crippen LogP contribution is 2.34. The molecule has 0 saturated heterocycles. The van der Waals surface area contributed by atoms with Crippen LogP contribution in [0.4, 0.5) is 5.69 Å². The first-order chi connectivity index (χ1) is 7.77. The number of nitrogens with zero attached hydrogens (tertiary/aromatic N) is 1.